The third kappa shape index (κ3) is 1.90. The molecule has 0 aliphatic heterocycles. The molecule has 0 saturated carbocycles. The van der Waals surface area contributed by atoms with Crippen molar-refractivity contribution in [3.63, 3.8) is 0 Å². The second-order valence-corrected chi connectivity index (χ2v) is 4.99. The Morgan fingerprint density at radius 2 is 2.45 bits per heavy atom. The van der Waals surface area contributed by atoms with Gasteiger partial charge in [-0.05, 0) is 6.85 Å². The first-order valence-electron chi connectivity index (χ1n) is 3.82. The van der Waals surface area contributed by atoms with Gasteiger partial charge in [0.25, 0.3) is 0 Å². The van der Waals surface area contributed by atoms with Crippen molar-refractivity contribution in [3.8, 4) is 0 Å². The molecule has 11 heavy (non-hydrogen) atoms. The molecule has 0 saturated heterocycles. The summed E-state index contributed by atoms with van der Waals surface area (Å²) in [5.74, 6) is 0. The van der Waals surface area contributed by atoms with E-state index in [-0.39, 0.29) is 4.47 Å². The van der Waals surface area contributed by atoms with Gasteiger partial charge >= 0.3 is 0 Å². The molecule has 4 nitrogen and oxygen atoms in total. The zero-order valence-corrected chi connectivity index (χ0v) is 7.42. The van der Waals surface area contributed by atoms with Crippen molar-refractivity contribution in [2.24, 2.45) is 5.14 Å². The van der Waals surface area contributed by atoms with Crippen molar-refractivity contribution >= 4 is 33.0 Å². The maximum atomic E-state index is 11.0. The van der Waals surface area contributed by atoms with Crippen molar-refractivity contribution in [3.05, 3.63) is 10.2 Å². The van der Waals surface area contributed by atoms with Gasteiger partial charge in [0, 0.05) is 4.11 Å². The Hall–Kier alpha value is -0.170. The van der Waals surface area contributed by atoms with E-state index < -0.39 is 26.8 Å². The summed E-state index contributed by atoms with van der Waals surface area (Å²) in [6, 6.07) is 0. The lowest BCUT2D eigenvalue weighted by Crippen LogP contribution is -2.11. The van der Waals surface area contributed by atoms with Crippen LogP contribution in [0, 0.1) is 6.85 Å². The average molecular weight is 216 g/mol. The quantitative estimate of drug-likeness (QED) is 0.752. The summed E-state index contributed by atoms with van der Waals surface area (Å²) >= 11 is 5.94. The van der Waals surface area contributed by atoms with Gasteiger partial charge in [-0.2, -0.15) is 0 Å². The molecule has 0 fully saturated rings. The zero-order valence-electron chi connectivity index (χ0n) is 8.04. The Morgan fingerprint density at radius 1 is 1.82 bits per heavy atom. The molecule has 0 atom stereocenters. The molecule has 0 aromatic carbocycles. The molecule has 0 aliphatic carbocycles. The summed E-state index contributed by atoms with van der Waals surface area (Å²) < 4.78 is 42.2. The third-order valence-corrected chi connectivity index (χ3v) is 3.44. The Kier molecular flexibility index (Phi) is 1.35. The highest BCUT2D eigenvalue weighted by Gasteiger charge is 2.16. The van der Waals surface area contributed by atoms with E-state index in [0.29, 0.717) is 11.3 Å². The molecule has 1 aromatic rings. The lowest BCUT2D eigenvalue weighted by atomic mass is 10.6. The largest absolute Gasteiger partial charge is 0.249 e. The summed E-state index contributed by atoms with van der Waals surface area (Å²) in [4.78, 5) is 3.41. The third-order valence-electron chi connectivity index (χ3n) is 0.828. The number of nitrogens with zero attached hydrogens (tertiary/aromatic N) is 1. The van der Waals surface area contributed by atoms with E-state index >= 15 is 0 Å². The molecule has 0 radical (unpaired) electrons. The summed E-state index contributed by atoms with van der Waals surface area (Å²) in [5.41, 5.74) is -0.574. The van der Waals surface area contributed by atoms with Crippen molar-refractivity contribution in [1.82, 2.24) is 4.98 Å². The van der Waals surface area contributed by atoms with Crippen LogP contribution < -0.4 is 5.14 Å². The molecule has 0 spiro atoms. The summed E-state index contributed by atoms with van der Waals surface area (Å²) in [6.45, 7) is -2.63. The number of primary sulfonamides is 1. The van der Waals surface area contributed by atoms with Crippen LogP contribution in [0.1, 0.15) is 9.81 Å². The monoisotopic (exact) mass is 215 g/mol. The topological polar surface area (TPSA) is 73.0 Å². The smallest absolute Gasteiger partial charge is 0.229 e. The molecule has 0 aliphatic rings. The van der Waals surface area contributed by atoms with Crippen LogP contribution in [0.3, 0.4) is 0 Å². The van der Waals surface area contributed by atoms with Crippen LogP contribution >= 0.6 is 22.9 Å². The molecule has 62 valence electrons. The highest BCUT2D eigenvalue weighted by molar-refractivity contribution is 7.91. The number of rotatable bonds is 1. The van der Waals surface area contributed by atoms with E-state index in [1.54, 1.807) is 0 Å². The molecule has 1 rings (SSSR count). The van der Waals surface area contributed by atoms with Gasteiger partial charge in [-0.25, -0.2) is 18.5 Å². The molecule has 1 aromatic heterocycles. The fraction of sp³-hybridized carbons (Fsp3) is 0.250. The molecular weight excluding hydrogens is 208 g/mol. The summed E-state index contributed by atoms with van der Waals surface area (Å²) in [5, 5.41) is 4.80. The van der Waals surface area contributed by atoms with E-state index in [1.807, 2.05) is 0 Å². The van der Waals surface area contributed by atoms with E-state index in [0.717, 1.165) is 0 Å². The van der Waals surface area contributed by atoms with Crippen LogP contribution in [0.5, 0.6) is 0 Å². The fourth-order valence-corrected chi connectivity index (χ4v) is 2.38. The van der Waals surface area contributed by atoms with Crippen LogP contribution in [-0.4, -0.2) is 13.4 Å². The lowest BCUT2D eigenvalue weighted by Gasteiger charge is -1.90. The van der Waals surface area contributed by atoms with E-state index in [4.69, 9.17) is 20.9 Å². The molecule has 7 heteroatoms. The molecule has 2 N–H and O–H groups in total. The van der Waals surface area contributed by atoms with Gasteiger partial charge in [0.1, 0.15) is 0 Å². The number of halogens is 1. The zero-order chi connectivity index (χ0) is 11.1. The van der Waals surface area contributed by atoms with Crippen molar-refractivity contribution in [2.45, 2.75) is 11.1 Å². The van der Waals surface area contributed by atoms with Crippen LogP contribution in [-0.2, 0) is 10.0 Å². The van der Waals surface area contributed by atoms with Crippen LogP contribution in [0.25, 0.3) is 0 Å². The number of aryl methyl sites for hydroxylation is 1. The van der Waals surface area contributed by atoms with Gasteiger partial charge in [-0.15, -0.1) is 0 Å². The number of hydrogen-bond acceptors (Lipinski definition) is 4. The van der Waals surface area contributed by atoms with Crippen LogP contribution in [0.4, 0.5) is 0 Å². The Labute approximate surface area is 77.3 Å². The van der Waals surface area contributed by atoms with Gasteiger partial charge in [0.15, 0.2) is 8.68 Å². The fourth-order valence-electron chi connectivity index (χ4n) is 0.474. The number of nitrogens with two attached hydrogens (primary N) is 1. The van der Waals surface area contributed by atoms with Crippen molar-refractivity contribution in [2.75, 3.05) is 0 Å². The van der Waals surface area contributed by atoms with E-state index in [1.165, 1.54) is 0 Å². The molecule has 0 unspecified atom stereocenters. The first kappa shape index (κ1) is 5.47. The van der Waals surface area contributed by atoms with Crippen LogP contribution in [0.15, 0.2) is 4.21 Å². The van der Waals surface area contributed by atoms with Crippen molar-refractivity contribution < 1.29 is 12.5 Å². The minimum absolute atomic E-state index is 0.167. The Morgan fingerprint density at radius 3 is 2.82 bits per heavy atom. The standard InChI is InChI=1S/C4H5ClN2O2S2/c1-2-3(11(6,8)9)10-4(5)7-2/h1H3,(H2,6,8,9)/i1D3. The molecule has 0 bridgehead atoms. The summed E-state index contributed by atoms with van der Waals surface area (Å²) in [6.07, 6.45) is 0. The number of thiazole rings is 1. The first-order chi connectivity index (χ1) is 6.12. The number of aromatic nitrogens is 1. The maximum Gasteiger partial charge on any atom is 0.249 e. The van der Waals surface area contributed by atoms with Gasteiger partial charge in [0.05, 0.1) is 5.69 Å². The normalized spacial score (nSPS) is 17.1. The predicted molar refractivity (Wildman–Crippen MR) is 43.2 cm³/mol. The molecule has 1 heterocycles. The van der Waals surface area contributed by atoms with Crippen molar-refractivity contribution in [1.29, 1.82) is 0 Å². The SMILES string of the molecule is [2H]C([2H])([2H])c1nc(Cl)sc1S(N)(=O)=O. The first-order valence-corrected chi connectivity index (χ1v) is 5.06. The van der Waals surface area contributed by atoms with Gasteiger partial charge < -0.3 is 0 Å². The van der Waals surface area contributed by atoms with E-state index in [2.05, 4.69) is 4.98 Å². The summed E-state index contributed by atoms with van der Waals surface area (Å²) in [7, 11) is -4.08. The predicted octanol–water partition coefficient (Wildman–Crippen LogP) is 0.752. The van der Waals surface area contributed by atoms with Crippen LogP contribution in [0.2, 0.25) is 4.47 Å². The minimum Gasteiger partial charge on any atom is -0.229 e. The Bertz CT molecular complexity index is 452. The van der Waals surface area contributed by atoms with Gasteiger partial charge in [-0.3, -0.25) is 0 Å². The number of sulfonamides is 1. The second-order valence-electron chi connectivity index (χ2n) is 1.65. The highest BCUT2D eigenvalue weighted by atomic mass is 35.5. The van der Waals surface area contributed by atoms with E-state index in [9.17, 15) is 8.42 Å². The average Bonchev–Trinajstić information content (AvgIpc) is 2.27. The van der Waals surface area contributed by atoms with Gasteiger partial charge in [-0.1, -0.05) is 22.9 Å². The highest BCUT2D eigenvalue weighted by Crippen LogP contribution is 2.25. The maximum absolute atomic E-state index is 11.0. The molecular formula is C4H5ClN2O2S2. The second kappa shape index (κ2) is 2.71. The minimum atomic E-state index is -4.08. The lowest BCUT2D eigenvalue weighted by molar-refractivity contribution is 0.599. The Balaban J connectivity index is 3.46. The van der Waals surface area contributed by atoms with Gasteiger partial charge in [0.2, 0.25) is 10.0 Å². The number of hydrogen-bond donors (Lipinski definition) is 1. The molecule has 0 amide bonds.